The zero-order valence-corrected chi connectivity index (χ0v) is 17.1. The molecule has 1 aliphatic heterocycles. The molecule has 162 valence electrons. The molecule has 2 heterocycles. The normalized spacial score (nSPS) is 14.0. The maximum Gasteiger partial charge on any atom is 0.274 e. The molecule has 1 aromatic heterocycles. The first-order valence-electron chi connectivity index (χ1n) is 9.77. The second-order valence-electron chi connectivity index (χ2n) is 6.63. The summed E-state index contributed by atoms with van der Waals surface area (Å²) in [6, 6.07) is 5.73. The highest BCUT2D eigenvalue weighted by Gasteiger charge is 2.23. The Balaban J connectivity index is 1.89. The number of hydrogen-bond acceptors (Lipinski definition) is 6. The number of nitrogens with one attached hydrogen (secondary N) is 2. The van der Waals surface area contributed by atoms with E-state index in [1.807, 2.05) is 37.3 Å². The molecule has 0 bridgehead atoms. The second-order valence-corrected chi connectivity index (χ2v) is 6.63. The average Bonchev–Trinajstić information content (AvgIpc) is 2.72. The highest BCUT2D eigenvalue weighted by molar-refractivity contribution is 5.96. The molecular formula is C20H29N7O3. The number of pyridine rings is 1. The minimum Gasteiger partial charge on any atom is -0.391 e. The molecule has 0 aliphatic carbocycles. The molecule has 0 saturated heterocycles. The number of nitrogens with zero attached hydrogens (tertiary/aromatic N) is 3. The molecule has 0 spiro atoms. The van der Waals surface area contributed by atoms with Gasteiger partial charge in [-0.15, -0.1) is 0 Å². The summed E-state index contributed by atoms with van der Waals surface area (Å²) in [5.41, 5.74) is 12.5. The molecular weight excluding hydrogens is 386 g/mol. The van der Waals surface area contributed by atoms with Crippen molar-refractivity contribution in [3.8, 4) is 0 Å². The van der Waals surface area contributed by atoms with Crippen LogP contribution in [-0.2, 0) is 20.8 Å². The first kappa shape index (κ1) is 22.7. The van der Waals surface area contributed by atoms with Crippen LogP contribution in [0.25, 0.3) is 0 Å². The van der Waals surface area contributed by atoms with Crippen molar-refractivity contribution in [3.63, 3.8) is 0 Å². The standard InChI is InChI=1S/C20H29N7O3/c1-15-6-2-3-8-17(24-11-9-16-7-4-5-10-23-16)19(29)27(15)14-18(28)25-12-13-30-26-20(21)22/h4-8,10,24H,2-3,9,11-14H2,1H3,(H,25,28)(H4,21,22,26). The predicted molar refractivity (Wildman–Crippen MR) is 114 cm³/mol. The molecule has 10 nitrogen and oxygen atoms in total. The van der Waals surface area contributed by atoms with Crippen LogP contribution in [0.15, 0.2) is 53.1 Å². The molecule has 2 amide bonds. The lowest BCUT2D eigenvalue weighted by Gasteiger charge is -2.26. The van der Waals surface area contributed by atoms with Gasteiger partial charge in [0.05, 0.1) is 12.2 Å². The molecule has 0 radical (unpaired) electrons. The van der Waals surface area contributed by atoms with E-state index >= 15 is 0 Å². The van der Waals surface area contributed by atoms with E-state index in [-0.39, 0.29) is 37.5 Å². The van der Waals surface area contributed by atoms with Crippen molar-refractivity contribution in [2.24, 2.45) is 16.6 Å². The lowest BCUT2D eigenvalue weighted by molar-refractivity contribution is -0.131. The van der Waals surface area contributed by atoms with E-state index in [1.54, 1.807) is 6.20 Å². The smallest absolute Gasteiger partial charge is 0.274 e. The summed E-state index contributed by atoms with van der Waals surface area (Å²) < 4.78 is 0. The van der Waals surface area contributed by atoms with E-state index in [2.05, 4.69) is 20.8 Å². The summed E-state index contributed by atoms with van der Waals surface area (Å²) in [7, 11) is 0. The fraction of sp³-hybridized carbons (Fsp3) is 0.400. The van der Waals surface area contributed by atoms with E-state index in [0.717, 1.165) is 24.2 Å². The summed E-state index contributed by atoms with van der Waals surface area (Å²) in [6.45, 7) is 2.63. The molecule has 2 rings (SSSR count). The topological polar surface area (TPSA) is 148 Å². The highest BCUT2D eigenvalue weighted by Crippen LogP contribution is 2.14. The number of amides is 2. The van der Waals surface area contributed by atoms with E-state index < -0.39 is 0 Å². The number of rotatable bonds is 10. The zero-order chi connectivity index (χ0) is 21.8. The zero-order valence-electron chi connectivity index (χ0n) is 17.1. The van der Waals surface area contributed by atoms with Gasteiger partial charge < -0.3 is 31.8 Å². The third kappa shape index (κ3) is 7.82. The lowest BCUT2D eigenvalue weighted by Crippen LogP contribution is -2.43. The molecule has 6 N–H and O–H groups in total. The summed E-state index contributed by atoms with van der Waals surface area (Å²) >= 11 is 0. The van der Waals surface area contributed by atoms with Crippen molar-refractivity contribution >= 4 is 17.8 Å². The molecule has 10 heteroatoms. The first-order chi connectivity index (χ1) is 14.5. The molecule has 0 fully saturated rings. The maximum absolute atomic E-state index is 13.0. The summed E-state index contributed by atoms with van der Waals surface area (Å²) in [5, 5.41) is 9.24. The number of carbonyl (C=O) groups excluding carboxylic acids is 2. The Morgan fingerprint density at radius 1 is 1.27 bits per heavy atom. The molecule has 1 aromatic rings. The summed E-state index contributed by atoms with van der Waals surface area (Å²) in [5.74, 6) is -0.739. The Bertz CT molecular complexity index is 802. The minimum atomic E-state index is -0.308. The average molecular weight is 415 g/mol. The van der Waals surface area contributed by atoms with Gasteiger partial charge in [-0.1, -0.05) is 18.2 Å². The van der Waals surface area contributed by atoms with Gasteiger partial charge in [0, 0.05) is 30.6 Å². The van der Waals surface area contributed by atoms with Gasteiger partial charge in [0.1, 0.15) is 13.2 Å². The van der Waals surface area contributed by atoms with Gasteiger partial charge >= 0.3 is 0 Å². The number of carbonyl (C=O) groups is 2. The Labute approximate surface area is 176 Å². The van der Waals surface area contributed by atoms with Crippen LogP contribution in [0.5, 0.6) is 0 Å². The van der Waals surface area contributed by atoms with Crippen molar-refractivity contribution in [1.82, 2.24) is 20.5 Å². The number of guanidine groups is 1. The van der Waals surface area contributed by atoms with Crippen molar-refractivity contribution in [2.45, 2.75) is 26.2 Å². The number of nitrogens with two attached hydrogens (primary N) is 2. The predicted octanol–water partition coefficient (Wildman–Crippen LogP) is -0.0550. The molecule has 0 atom stereocenters. The summed E-state index contributed by atoms with van der Waals surface area (Å²) in [4.78, 5) is 35.9. The fourth-order valence-corrected chi connectivity index (χ4v) is 2.79. The van der Waals surface area contributed by atoms with Gasteiger partial charge in [0.25, 0.3) is 5.91 Å². The van der Waals surface area contributed by atoms with Crippen molar-refractivity contribution < 1.29 is 14.4 Å². The SMILES string of the molecule is CC1=CCCC=C(NCCc2ccccn2)C(=O)N1CC(=O)NCCON=C(N)N. The second kappa shape index (κ2) is 12.1. The molecule has 30 heavy (non-hydrogen) atoms. The van der Waals surface area contributed by atoms with E-state index in [0.29, 0.717) is 18.7 Å². The molecule has 0 aromatic carbocycles. The van der Waals surface area contributed by atoms with Crippen LogP contribution < -0.4 is 22.1 Å². The number of hydrogen-bond donors (Lipinski definition) is 4. The van der Waals surface area contributed by atoms with Crippen molar-refractivity contribution in [2.75, 3.05) is 26.2 Å². The van der Waals surface area contributed by atoms with Gasteiger partial charge in [-0.2, -0.15) is 0 Å². The Morgan fingerprint density at radius 2 is 2.07 bits per heavy atom. The molecule has 0 saturated carbocycles. The third-order valence-electron chi connectivity index (χ3n) is 4.27. The largest absolute Gasteiger partial charge is 0.391 e. The van der Waals surface area contributed by atoms with Gasteiger partial charge in [-0.25, -0.2) is 0 Å². The highest BCUT2D eigenvalue weighted by atomic mass is 16.6. The van der Waals surface area contributed by atoms with Crippen LogP contribution in [0.1, 0.15) is 25.5 Å². The van der Waals surface area contributed by atoms with Crippen LogP contribution in [-0.4, -0.2) is 53.9 Å². The van der Waals surface area contributed by atoms with Crippen molar-refractivity contribution in [1.29, 1.82) is 0 Å². The van der Waals surface area contributed by atoms with Crippen LogP contribution in [0.3, 0.4) is 0 Å². The number of aromatic nitrogens is 1. The summed E-state index contributed by atoms with van der Waals surface area (Å²) in [6.07, 6.45) is 7.79. The number of oxime groups is 1. The van der Waals surface area contributed by atoms with Crippen LogP contribution in [0.4, 0.5) is 0 Å². The van der Waals surface area contributed by atoms with E-state index in [9.17, 15) is 9.59 Å². The Kier molecular flexibility index (Phi) is 9.17. The Hall–Kier alpha value is -3.56. The van der Waals surface area contributed by atoms with Crippen LogP contribution >= 0.6 is 0 Å². The van der Waals surface area contributed by atoms with Crippen LogP contribution in [0.2, 0.25) is 0 Å². The minimum absolute atomic E-state index is 0.0945. The molecule has 0 unspecified atom stereocenters. The molecule has 1 aliphatic rings. The monoisotopic (exact) mass is 415 g/mol. The van der Waals surface area contributed by atoms with Crippen LogP contribution in [0, 0.1) is 0 Å². The quantitative estimate of drug-likeness (QED) is 0.181. The fourth-order valence-electron chi connectivity index (χ4n) is 2.79. The van der Waals surface area contributed by atoms with Crippen molar-refractivity contribution in [3.05, 3.63) is 53.6 Å². The van der Waals surface area contributed by atoms with E-state index in [1.165, 1.54) is 4.90 Å². The van der Waals surface area contributed by atoms with Gasteiger partial charge in [0.2, 0.25) is 11.9 Å². The van der Waals surface area contributed by atoms with Gasteiger partial charge in [0.15, 0.2) is 0 Å². The van der Waals surface area contributed by atoms with Gasteiger partial charge in [-0.3, -0.25) is 14.6 Å². The maximum atomic E-state index is 13.0. The van der Waals surface area contributed by atoms with Gasteiger partial charge in [-0.05, 0) is 37.1 Å². The number of allylic oxidation sites excluding steroid dienone is 3. The first-order valence-corrected chi connectivity index (χ1v) is 9.77. The van der Waals surface area contributed by atoms with E-state index in [4.69, 9.17) is 16.3 Å². The lowest BCUT2D eigenvalue weighted by atomic mass is 10.1. The third-order valence-corrected chi connectivity index (χ3v) is 4.27. The Morgan fingerprint density at radius 3 is 2.80 bits per heavy atom.